The summed E-state index contributed by atoms with van der Waals surface area (Å²) in [6.07, 6.45) is 5.63. The van der Waals surface area contributed by atoms with Gasteiger partial charge in [-0.15, -0.1) is 0 Å². The lowest BCUT2D eigenvalue weighted by atomic mass is 9.68. The first-order valence-corrected chi connectivity index (χ1v) is 10.2. The zero-order chi connectivity index (χ0) is 20.9. The predicted octanol–water partition coefficient (Wildman–Crippen LogP) is 4.03. The summed E-state index contributed by atoms with van der Waals surface area (Å²) >= 11 is 0. The third-order valence-corrected chi connectivity index (χ3v) is 5.96. The Hall–Kier alpha value is -2.88. The highest BCUT2D eigenvalue weighted by atomic mass is 16.5. The van der Waals surface area contributed by atoms with E-state index in [1.165, 1.54) is 6.42 Å². The van der Waals surface area contributed by atoms with Crippen LogP contribution >= 0.6 is 0 Å². The van der Waals surface area contributed by atoms with Crippen molar-refractivity contribution < 1.29 is 4.74 Å². The molecule has 7 heteroatoms. The van der Waals surface area contributed by atoms with Gasteiger partial charge in [0, 0.05) is 30.8 Å². The number of anilines is 2. The van der Waals surface area contributed by atoms with E-state index in [9.17, 15) is 5.26 Å². The van der Waals surface area contributed by atoms with Crippen molar-refractivity contribution in [2.24, 2.45) is 11.3 Å². The SMILES string of the molecule is COc1cccc(CCNc2ncc(C#N)c(N[C@@H]3CC[C@H](C)C(C)(C)C3)n2)n1. The van der Waals surface area contributed by atoms with E-state index in [0.717, 1.165) is 25.0 Å². The molecule has 0 aliphatic heterocycles. The zero-order valence-corrected chi connectivity index (χ0v) is 17.7. The Kier molecular flexibility index (Phi) is 6.53. The fourth-order valence-electron chi connectivity index (χ4n) is 3.77. The van der Waals surface area contributed by atoms with Crippen LogP contribution in [0.2, 0.25) is 0 Å². The summed E-state index contributed by atoms with van der Waals surface area (Å²) in [7, 11) is 1.61. The smallest absolute Gasteiger partial charge is 0.224 e. The lowest BCUT2D eigenvalue weighted by Crippen LogP contribution is -2.37. The summed E-state index contributed by atoms with van der Waals surface area (Å²) in [5.41, 5.74) is 1.68. The van der Waals surface area contributed by atoms with Gasteiger partial charge in [0.25, 0.3) is 0 Å². The first-order chi connectivity index (χ1) is 13.9. The van der Waals surface area contributed by atoms with Crippen molar-refractivity contribution in [3.8, 4) is 11.9 Å². The quantitative estimate of drug-likeness (QED) is 0.732. The second kappa shape index (κ2) is 9.08. The summed E-state index contributed by atoms with van der Waals surface area (Å²) < 4.78 is 5.16. The summed E-state index contributed by atoms with van der Waals surface area (Å²) in [5.74, 6) is 2.43. The minimum atomic E-state index is 0.278. The van der Waals surface area contributed by atoms with Crippen molar-refractivity contribution in [1.82, 2.24) is 15.0 Å². The molecule has 2 atom stereocenters. The summed E-state index contributed by atoms with van der Waals surface area (Å²) in [5, 5.41) is 16.2. The van der Waals surface area contributed by atoms with Crippen molar-refractivity contribution in [3.63, 3.8) is 0 Å². The van der Waals surface area contributed by atoms with Gasteiger partial charge in [0.1, 0.15) is 17.5 Å². The molecule has 0 amide bonds. The topological polar surface area (TPSA) is 95.8 Å². The van der Waals surface area contributed by atoms with E-state index < -0.39 is 0 Å². The summed E-state index contributed by atoms with van der Waals surface area (Å²) in [4.78, 5) is 13.3. The highest BCUT2D eigenvalue weighted by Gasteiger charge is 2.34. The van der Waals surface area contributed by atoms with Gasteiger partial charge in [0.15, 0.2) is 0 Å². The van der Waals surface area contributed by atoms with Crippen LogP contribution in [0, 0.1) is 22.7 Å². The standard InChI is InChI=1S/C22H30N6O/c1-15-8-9-18(12-22(15,2)3)27-20-16(13-23)14-25-21(28-20)24-11-10-17-6-5-7-19(26-17)29-4/h5-7,14-15,18H,8-12H2,1-4H3,(H2,24,25,27,28)/t15-,18+/m0/s1. The number of pyridine rings is 1. The number of ether oxygens (including phenoxy) is 1. The largest absolute Gasteiger partial charge is 0.481 e. The number of rotatable bonds is 7. The average molecular weight is 395 g/mol. The van der Waals surface area contributed by atoms with Crippen molar-refractivity contribution in [3.05, 3.63) is 35.7 Å². The molecule has 2 N–H and O–H groups in total. The molecule has 0 unspecified atom stereocenters. The maximum Gasteiger partial charge on any atom is 0.224 e. The van der Waals surface area contributed by atoms with Crippen molar-refractivity contribution in [2.75, 3.05) is 24.3 Å². The average Bonchev–Trinajstić information content (AvgIpc) is 2.71. The maximum absolute atomic E-state index is 9.45. The molecule has 2 aromatic heterocycles. The maximum atomic E-state index is 9.45. The molecular weight excluding hydrogens is 364 g/mol. The molecule has 2 aromatic rings. The number of nitriles is 1. The minimum Gasteiger partial charge on any atom is -0.481 e. The van der Waals surface area contributed by atoms with E-state index in [4.69, 9.17) is 4.74 Å². The first-order valence-electron chi connectivity index (χ1n) is 10.2. The van der Waals surface area contributed by atoms with Crippen LogP contribution in [0.4, 0.5) is 11.8 Å². The molecule has 29 heavy (non-hydrogen) atoms. The third-order valence-electron chi connectivity index (χ3n) is 5.96. The first kappa shape index (κ1) is 20.8. The Morgan fingerprint density at radius 3 is 2.83 bits per heavy atom. The Morgan fingerprint density at radius 1 is 1.28 bits per heavy atom. The van der Waals surface area contributed by atoms with Gasteiger partial charge in [-0.2, -0.15) is 10.2 Å². The van der Waals surface area contributed by atoms with Crippen LogP contribution in [0.5, 0.6) is 5.88 Å². The molecule has 1 fully saturated rings. The highest BCUT2D eigenvalue weighted by molar-refractivity contribution is 5.54. The predicted molar refractivity (Wildman–Crippen MR) is 114 cm³/mol. The van der Waals surface area contributed by atoms with Crippen molar-refractivity contribution >= 4 is 11.8 Å². The Morgan fingerprint density at radius 2 is 2.10 bits per heavy atom. The number of nitrogens with zero attached hydrogens (tertiary/aromatic N) is 4. The van der Waals surface area contributed by atoms with E-state index in [-0.39, 0.29) is 5.41 Å². The molecule has 0 saturated heterocycles. The second-order valence-electron chi connectivity index (χ2n) is 8.43. The van der Waals surface area contributed by atoms with Crippen molar-refractivity contribution in [1.29, 1.82) is 5.26 Å². The molecule has 3 rings (SSSR count). The Balaban J connectivity index is 1.63. The van der Waals surface area contributed by atoms with Crippen LogP contribution in [-0.4, -0.2) is 34.6 Å². The van der Waals surface area contributed by atoms with Gasteiger partial charge in [-0.05, 0) is 36.7 Å². The molecule has 1 aliphatic rings. The molecule has 0 bridgehead atoms. The van der Waals surface area contributed by atoms with Crippen LogP contribution in [0.25, 0.3) is 0 Å². The normalized spacial score (nSPS) is 20.5. The number of methoxy groups -OCH3 is 1. The van der Waals surface area contributed by atoms with Crippen LogP contribution in [0.1, 0.15) is 51.3 Å². The molecule has 1 aliphatic carbocycles. The van der Waals surface area contributed by atoms with E-state index in [2.05, 4.69) is 52.4 Å². The summed E-state index contributed by atoms with van der Waals surface area (Å²) in [6, 6.07) is 8.22. The van der Waals surface area contributed by atoms with Crippen LogP contribution in [-0.2, 0) is 6.42 Å². The molecular formula is C22H30N6O. The van der Waals surface area contributed by atoms with Gasteiger partial charge in [-0.1, -0.05) is 26.8 Å². The van der Waals surface area contributed by atoms with Crippen LogP contribution in [0.3, 0.4) is 0 Å². The van der Waals surface area contributed by atoms with E-state index >= 15 is 0 Å². The van der Waals surface area contributed by atoms with Gasteiger partial charge in [0.05, 0.1) is 13.3 Å². The summed E-state index contributed by atoms with van der Waals surface area (Å²) in [6.45, 7) is 7.59. The fraction of sp³-hybridized carbons (Fsp3) is 0.545. The van der Waals surface area contributed by atoms with Crippen LogP contribution in [0.15, 0.2) is 24.4 Å². The molecule has 2 heterocycles. The fourth-order valence-corrected chi connectivity index (χ4v) is 3.77. The van der Waals surface area contributed by atoms with E-state index in [1.54, 1.807) is 13.3 Å². The van der Waals surface area contributed by atoms with Gasteiger partial charge < -0.3 is 15.4 Å². The molecule has 0 radical (unpaired) electrons. The zero-order valence-electron chi connectivity index (χ0n) is 17.7. The number of hydrogen-bond acceptors (Lipinski definition) is 7. The molecule has 154 valence electrons. The van der Waals surface area contributed by atoms with Gasteiger partial charge in [0.2, 0.25) is 11.8 Å². The Bertz CT molecular complexity index is 876. The van der Waals surface area contributed by atoms with Gasteiger partial charge >= 0.3 is 0 Å². The van der Waals surface area contributed by atoms with Gasteiger partial charge in [-0.25, -0.2) is 9.97 Å². The van der Waals surface area contributed by atoms with Crippen molar-refractivity contribution in [2.45, 2.75) is 52.5 Å². The Labute approximate surface area is 172 Å². The third kappa shape index (κ3) is 5.35. The lowest BCUT2D eigenvalue weighted by Gasteiger charge is -2.41. The molecule has 0 aromatic carbocycles. The monoisotopic (exact) mass is 394 g/mol. The van der Waals surface area contributed by atoms with E-state index in [1.807, 2.05) is 18.2 Å². The number of nitrogens with one attached hydrogen (secondary N) is 2. The number of aromatic nitrogens is 3. The molecule has 1 saturated carbocycles. The second-order valence-corrected chi connectivity index (χ2v) is 8.43. The van der Waals surface area contributed by atoms with E-state index in [0.29, 0.717) is 41.7 Å². The molecule has 7 nitrogen and oxygen atoms in total. The van der Waals surface area contributed by atoms with Gasteiger partial charge in [-0.3, -0.25) is 0 Å². The highest BCUT2D eigenvalue weighted by Crippen LogP contribution is 2.41. The minimum absolute atomic E-state index is 0.278. The van der Waals surface area contributed by atoms with Crippen LogP contribution < -0.4 is 15.4 Å². The lowest BCUT2D eigenvalue weighted by molar-refractivity contribution is 0.143. The number of hydrogen-bond donors (Lipinski definition) is 2. The molecule has 0 spiro atoms.